The van der Waals surface area contributed by atoms with Gasteiger partial charge in [-0.1, -0.05) is 6.42 Å². The second kappa shape index (κ2) is 5.94. The molecule has 2 saturated heterocycles. The van der Waals surface area contributed by atoms with Gasteiger partial charge in [0, 0.05) is 38.4 Å². The van der Waals surface area contributed by atoms with Crippen LogP contribution in [0, 0.1) is 0 Å². The van der Waals surface area contributed by atoms with Crippen LogP contribution in [0.5, 0.6) is 0 Å². The van der Waals surface area contributed by atoms with Gasteiger partial charge in [0.2, 0.25) is 0 Å². The summed E-state index contributed by atoms with van der Waals surface area (Å²) in [6, 6.07) is 2.95. The van der Waals surface area contributed by atoms with Crippen LogP contribution in [0.2, 0.25) is 0 Å². The van der Waals surface area contributed by atoms with Crippen molar-refractivity contribution in [2.24, 2.45) is 5.73 Å². The topological polar surface area (TPSA) is 58.3 Å². The van der Waals surface area contributed by atoms with Gasteiger partial charge in [-0.2, -0.15) is 0 Å². The summed E-state index contributed by atoms with van der Waals surface area (Å²) in [5.74, 6) is 0. The fraction of sp³-hybridized carbons (Fsp3) is 0.714. The average molecular weight is 261 g/mol. The predicted octanol–water partition coefficient (Wildman–Crippen LogP) is 0.646. The minimum Gasteiger partial charge on any atom is -0.329 e. The Kier molecular flexibility index (Phi) is 4.06. The summed E-state index contributed by atoms with van der Waals surface area (Å²) in [5.41, 5.74) is 7.05. The third-order valence-corrected chi connectivity index (χ3v) is 4.48. The Balaban J connectivity index is 1.70. The number of nitrogens with zero attached hydrogens (tertiary/aromatic N) is 4. The molecular weight excluding hydrogens is 238 g/mol. The molecule has 5 nitrogen and oxygen atoms in total. The quantitative estimate of drug-likeness (QED) is 0.865. The second-order valence-corrected chi connectivity index (χ2v) is 5.57. The van der Waals surface area contributed by atoms with Crippen molar-refractivity contribution in [3.8, 4) is 0 Å². The number of aromatic nitrogens is 2. The average Bonchev–Trinajstić information content (AvgIpc) is 2.49. The van der Waals surface area contributed by atoms with E-state index in [2.05, 4.69) is 19.8 Å². The number of rotatable bonds is 3. The maximum atomic E-state index is 5.99. The van der Waals surface area contributed by atoms with E-state index in [4.69, 9.17) is 5.73 Å². The molecule has 2 N–H and O–H groups in total. The van der Waals surface area contributed by atoms with Crippen LogP contribution in [0.3, 0.4) is 0 Å². The molecule has 0 bridgehead atoms. The van der Waals surface area contributed by atoms with Gasteiger partial charge in [0.1, 0.15) is 6.33 Å². The molecule has 0 amide bonds. The van der Waals surface area contributed by atoms with E-state index in [-0.39, 0.29) is 6.04 Å². The van der Waals surface area contributed by atoms with Crippen LogP contribution >= 0.6 is 0 Å². The number of nitrogens with two attached hydrogens (primary N) is 1. The summed E-state index contributed by atoms with van der Waals surface area (Å²) in [6.45, 7) is 5.31. The number of piperazine rings is 1. The zero-order chi connectivity index (χ0) is 13.1. The summed E-state index contributed by atoms with van der Waals surface area (Å²) in [4.78, 5) is 13.5. The number of hydrogen-bond donors (Lipinski definition) is 1. The van der Waals surface area contributed by atoms with Crippen LogP contribution in [0.4, 0.5) is 0 Å². The molecule has 0 spiro atoms. The largest absolute Gasteiger partial charge is 0.329 e. The molecule has 2 aliphatic heterocycles. The van der Waals surface area contributed by atoms with Crippen molar-refractivity contribution in [3.05, 3.63) is 24.3 Å². The van der Waals surface area contributed by atoms with Crippen molar-refractivity contribution in [3.63, 3.8) is 0 Å². The molecule has 1 aromatic heterocycles. The highest BCUT2D eigenvalue weighted by Gasteiger charge is 2.32. The third-order valence-electron chi connectivity index (χ3n) is 4.48. The normalized spacial score (nSPS) is 26.9. The zero-order valence-corrected chi connectivity index (χ0v) is 11.4. The standard InChI is InChI=1S/C14H23N5/c15-9-14(13-4-5-16-11-17-13)19-8-7-18-6-2-1-3-12(18)10-19/h4-5,11-12,14H,1-3,6-10,15H2. The predicted molar refractivity (Wildman–Crippen MR) is 74.6 cm³/mol. The molecule has 2 aliphatic rings. The van der Waals surface area contributed by atoms with Crippen molar-refractivity contribution in [1.29, 1.82) is 0 Å². The minimum atomic E-state index is 0.243. The summed E-state index contributed by atoms with van der Waals surface area (Å²) >= 11 is 0. The maximum absolute atomic E-state index is 5.99. The van der Waals surface area contributed by atoms with Crippen molar-refractivity contribution < 1.29 is 0 Å². The molecule has 2 unspecified atom stereocenters. The summed E-state index contributed by atoms with van der Waals surface area (Å²) < 4.78 is 0. The van der Waals surface area contributed by atoms with Crippen molar-refractivity contribution in [2.75, 3.05) is 32.7 Å². The van der Waals surface area contributed by atoms with E-state index in [1.165, 1.54) is 32.4 Å². The van der Waals surface area contributed by atoms with Gasteiger partial charge in [0.15, 0.2) is 0 Å². The molecular formula is C14H23N5. The molecule has 2 atom stereocenters. The van der Waals surface area contributed by atoms with E-state index in [0.717, 1.165) is 24.8 Å². The van der Waals surface area contributed by atoms with Crippen LogP contribution in [-0.2, 0) is 0 Å². The third kappa shape index (κ3) is 2.78. The SMILES string of the molecule is NCC(c1ccncn1)N1CCN2CCCCC2C1. The Hall–Kier alpha value is -1.04. The minimum absolute atomic E-state index is 0.243. The van der Waals surface area contributed by atoms with E-state index in [1.807, 2.05) is 12.3 Å². The molecule has 0 saturated carbocycles. The lowest BCUT2D eigenvalue weighted by Gasteiger charge is -2.46. The lowest BCUT2D eigenvalue weighted by atomic mass is 9.98. The smallest absolute Gasteiger partial charge is 0.115 e. The van der Waals surface area contributed by atoms with Crippen LogP contribution in [-0.4, -0.2) is 58.5 Å². The Labute approximate surface area is 114 Å². The summed E-state index contributed by atoms with van der Waals surface area (Å²) in [6.07, 6.45) is 7.49. The highest BCUT2D eigenvalue weighted by Crippen LogP contribution is 2.26. The van der Waals surface area contributed by atoms with Crippen molar-refractivity contribution >= 4 is 0 Å². The Morgan fingerprint density at radius 2 is 2.26 bits per heavy atom. The van der Waals surface area contributed by atoms with Gasteiger partial charge in [0.05, 0.1) is 11.7 Å². The molecule has 0 aromatic carbocycles. The van der Waals surface area contributed by atoms with Gasteiger partial charge in [-0.25, -0.2) is 9.97 Å². The molecule has 0 radical (unpaired) electrons. The van der Waals surface area contributed by atoms with Crippen LogP contribution < -0.4 is 5.73 Å². The first-order valence-corrected chi connectivity index (χ1v) is 7.32. The zero-order valence-electron chi connectivity index (χ0n) is 11.4. The molecule has 104 valence electrons. The van der Waals surface area contributed by atoms with Gasteiger partial charge in [-0.3, -0.25) is 9.80 Å². The molecule has 19 heavy (non-hydrogen) atoms. The Bertz CT molecular complexity index is 396. The van der Waals surface area contributed by atoms with Crippen LogP contribution in [0.1, 0.15) is 31.0 Å². The molecule has 3 heterocycles. The lowest BCUT2D eigenvalue weighted by molar-refractivity contribution is 0.0277. The molecule has 2 fully saturated rings. The Morgan fingerprint density at radius 1 is 1.32 bits per heavy atom. The van der Waals surface area contributed by atoms with Crippen molar-refractivity contribution in [1.82, 2.24) is 19.8 Å². The van der Waals surface area contributed by atoms with Crippen LogP contribution in [0.25, 0.3) is 0 Å². The second-order valence-electron chi connectivity index (χ2n) is 5.57. The molecule has 3 rings (SSSR count). The fourth-order valence-corrected chi connectivity index (χ4v) is 3.42. The van der Waals surface area contributed by atoms with E-state index >= 15 is 0 Å². The summed E-state index contributed by atoms with van der Waals surface area (Å²) in [5, 5.41) is 0. The summed E-state index contributed by atoms with van der Waals surface area (Å²) in [7, 11) is 0. The first-order chi connectivity index (χ1) is 9.38. The van der Waals surface area contributed by atoms with Gasteiger partial charge >= 0.3 is 0 Å². The molecule has 5 heteroatoms. The molecule has 0 aliphatic carbocycles. The Morgan fingerprint density at radius 3 is 3.05 bits per heavy atom. The maximum Gasteiger partial charge on any atom is 0.115 e. The van der Waals surface area contributed by atoms with E-state index in [0.29, 0.717) is 6.54 Å². The first kappa shape index (κ1) is 13.0. The fourth-order valence-electron chi connectivity index (χ4n) is 3.42. The van der Waals surface area contributed by atoms with Gasteiger partial charge in [-0.15, -0.1) is 0 Å². The van der Waals surface area contributed by atoms with Crippen molar-refractivity contribution in [2.45, 2.75) is 31.3 Å². The monoisotopic (exact) mass is 261 g/mol. The number of piperidine rings is 1. The van der Waals surface area contributed by atoms with Gasteiger partial charge < -0.3 is 5.73 Å². The van der Waals surface area contributed by atoms with E-state index in [1.54, 1.807) is 6.33 Å². The van der Waals surface area contributed by atoms with Gasteiger partial charge in [0.25, 0.3) is 0 Å². The van der Waals surface area contributed by atoms with E-state index < -0.39 is 0 Å². The van der Waals surface area contributed by atoms with E-state index in [9.17, 15) is 0 Å². The number of fused-ring (bicyclic) bond motifs is 1. The highest BCUT2D eigenvalue weighted by molar-refractivity contribution is 5.07. The number of hydrogen-bond acceptors (Lipinski definition) is 5. The van der Waals surface area contributed by atoms with Gasteiger partial charge in [-0.05, 0) is 25.5 Å². The highest BCUT2D eigenvalue weighted by atomic mass is 15.3. The molecule has 1 aromatic rings. The lowest BCUT2D eigenvalue weighted by Crippen LogP contribution is -2.56. The van der Waals surface area contributed by atoms with Crippen LogP contribution in [0.15, 0.2) is 18.6 Å². The first-order valence-electron chi connectivity index (χ1n) is 7.32.